The number of nitriles is 1. The summed E-state index contributed by atoms with van der Waals surface area (Å²) in [7, 11) is 0. The molecule has 0 saturated heterocycles. The van der Waals surface area contributed by atoms with E-state index in [-0.39, 0.29) is 16.8 Å². The summed E-state index contributed by atoms with van der Waals surface area (Å²) < 4.78 is 3.58. The number of benzene rings is 2. The van der Waals surface area contributed by atoms with Crippen LogP contribution in [-0.2, 0) is 13.1 Å². The highest BCUT2D eigenvalue weighted by Crippen LogP contribution is 2.22. The van der Waals surface area contributed by atoms with Crippen molar-refractivity contribution in [1.29, 1.82) is 5.26 Å². The SMILES string of the molecule is CC(C)(C)Cn1c2nc(C#N)ncc2c(=O)n1Cc1ccc(-c2ccccc2)cc1. The average molecular weight is 397 g/mol. The zero-order valence-corrected chi connectivity index (χ0v) is 17.3. The maximum absolute atomic E-state index is 13.1. The van der Waals surface area contributed by atoms with Gasteiger partial charge in [-0.05, 0) is 22.1 Å². The molecule has 0 fully saturated rings. The van der Waals surface area contributed by atoms with Crippen molar-refractivity contribution >= 4 is 11.0 Å². The first-order valence-corrected chi connectivity index (χ1v) is 9.86. The Morgan fingerprint density at radius 2 is 1.63 bits per heavy atom. The number of hydrogen-bond acceptors (Lipinski definition) is 4. The molecular weight excluding hydrogens is 374 g/mol. The van der Waals surface area contributed by atoms with E-state index in [2.05, 4.69) is 55.0 Å². The Hall–Kier alpha value is -3.72. The molecule has 0 saturated carbocycles. The zero-order chi connectivity index (χ0) is 21.3. The molecule has 0 radical (unpaired) electrons. The second-order valence-corrected chi connectivity index (χ2v) is 8.59. The molecule has 6 nitrogen and oxygen atoms in total. The van der Waals surface area contributed by atoms with Crippen molar-refractivity contribution in [2.75, 3.05) is 0 Å². The highest BCUT2D eigenvalue weighted by Gasteiger charge is 2.21. The molecule has 0 aliphatic rings. The summed E-state index contributed by atoms with van der Waals surface area (Å²) in [5, 5.41) is 9.61. The molecule has 0 N–H and O–H groups in total. The van der Waals surface area contributed by atoms with Crippen LogP contribution in [0.1, 0.15) is 32.2 Å². The van der Waals surface area contributed by atoms with Gasteiger partial charge in [-0.15, -0.1) is 0 Å². The van der Waals surface area contributed by atoms with E-state index >= 15 is 0 Å². The minimum Gasteiger partial charge on any atom is -0.267 e. The van der Waals surface area contributed by atoms with Crippen LogP contribution >= 0.6 is 0 Å². The normalized spacial score (nSPS) is 11.5. The van der Waals surface area contributed by atoms with Crippen molar-refractivity contribution in [2.24, 2.45) is 5.41 Å². The van der Waals surface area contributed by atoms with Crippen LogP contribution in [0.15, 0.2) is 65.6 Å². The molecule has 2 aromatic heterocycles. The van der Waals surface area contributed by atoms with Gasteiger partial charge in [-0.3, -0.25) is 9.48 Å². The van der Waals surface area contributed by atoms with Gasteiger partial charge in [0.05, 0.1) is 6.54 Å². The third-order valence-corrected chi connectivity index (χ3v) is 4.89. The number of nitrogens with zero attached hydrogens (tertiary/aromatic N) is 5. The van der Waals surface area contributed by atoms with Crippen LogP contribution in [0.3, 0.4) is 0 Å². The lowest BCUT2D eigenvalue weighted by Gasteiger charge is -2.22. The smallest absolute Gasteiger partial charge is 0.267 e. The van der Waals surface area contributed by atoms with Gasteiger partial charge in [-0.1, -0.05) is 75.4 Å². The monoisotopic (exact) mass is 397 g/mol. The molecular formula is C24H23N5O. The summed E-state index contributed by atoms with van der Waals surface area (Å²) in [4.78, 5) is 21.4. The van der Waals surface area contributed by atoms with E-state index in [1.54, 1.807) is 4.68 Å². The van der Waals surface area contributed by atoms with E-state index < -0.39 is 0 Å². The molecule has 150 valence electrons. The molecule has 2 aromatic carbocycles. The average Bonchev–Trinajstić information content (AvgIpc) is 2.99. The van der Waals surface area contributed by atoms with E-state index in [0.717, 1.165) is 16.7 Å². The molecule has 4 aromatic rings. The van der Waals surface area contributed by atoms with Crippen LogP contribution in [0.5, 0.6) is 0 Å². The van der Waals surface area contributed by atoms with Gasteiger partial charge < -0.3 is 0 Å². The van der Waals surface area contributed by atoms with Gasteiger partial charge in [0.1, 0.15) is 11.5 Å². The fourth-order valence-corrected chi connectivity index (χ4v) is 3.51. The quantitative estimate of drug-likeness (QED) is 0.516. The molecule has 0 aliphatic carbocycles. The van der Waals surface area contributed by atoms with Gasteiger partial charge in [0.15, 0.2) is 5.65 Å². The molecule has 0 bridgehead atoms. The highest BCUT2D eigenvalue weighted by molar-refractivity contribution is 5.73. The molecule has 0 unspecified atom stereocenters. The van der Waals surface area contributed by atoms with Crippen LogP contribution < -0.4 is 5.56 Å². The van der Waals surface area contributed by atoms with Crippen molar-refractivity contribution in [3.05, 3.63) is 82.5 Å². The van der Waals surface area contributed by atoms with Gasteiger partial charge in [0.2, 0.25) is 5.82 Å². The lowest BCUT2D eigenvalue weighted by Crippen LogP contribution is -2.28. The Morgan fingerprint density at radius 1 is 0.967 bits per heavy atom. The van der Waals surface area contributed by atoms with Crippen molar-refractivity contribution < 1.29 is 0 Å². The Morgan fingerprint density at radius 3 is 2.27 bits per heavy atom. The molecule has 0 aliphatic heterocycles. The van der Waals surface area contributed by atoms with Gasteiger partial charge in [-0.25, -0.2) is 9.67 Å². The maximum Gasteiger partial charge on any atom is 0.278 e. The fraction of sp³-hybridized carbons (Fsp3) is 0.250. The van der Waals surface area contributed by atoms with Crippen molar-refractivity contribution in [2.45, 2.75) is 33.9 Å². The van der Waals surface area contributed by atoms with Crippen LogP contribution in [0.25, 0.3) is 22.2 Å². The standard InChI is InChI=1S/C24H23N5O/c1-24(2,3)16-29-22-20(14-26-21(13-25)27-22)23(30)28(29)15-17-9-11-19(12-10-17)18-7-5-4-6-8-18/h4-12,14H,15-16H2,1-3H3. The van der Waals surface area contributed by atoms with Gasteiger partial charge in [0, 0.05) is 12.7 Å². The molecule has 0 atom stereocenters. The first kappa shape index (κ1) is 19.6. The third kappa shape index (κ3) is 3.87. The predicted octanol–water partition coefficient (Wildman–Crippen LogP) is 4.23. The van der Waals surface area contributed by atoms with Crippen molar-refractivity contribution in [3.8, 4) is 17.2 Å². The number of fused-ring (bicyclic) bond motifs is 1. The highest BCUT2D eigenvalue weighted by atomic mass is 16.1. The molecule has 0 spiro atoms. The van der Waals surface area contributed by atoms with Crippen molar-refractivity contribution in [3.63, 3.8) is 0 Å². The Kier molecular flexibility index (Phi) is 4.96. The summed E-state index contributed by atoms with van der Waals surface area (Å²) in [5.74, 6) is 0.0644. The van der Waals surface area contributed by atoms with E-state index in [1.807, 2.05) is 41.1 Å². The summed E-state index contributed by atoms with van der Waals surface area (Å²) >= 11 is 0. The lowest BCUT2D eigenvalue weighted by atomic mass is 9.97. The van der Waals surface area contributed by atoms with E-state index in [4.69, 9.17) is 0 Å². The topological polar surface area (TPSA) is 76.5 Å². The van der Waals surface area contributed by atoms with E-state index in [0.29, 0.717) is 24.1 Å². The third-order valence-electron chi connectivity index (χ3n) is 4.89. The number of rotatable bonds is 4. The molecule has 6 heteroatoms. The minimum atomic E-state index is -0.147. The van der Waals surface area contributed by atoms with E-state index in [9.17, 15) is 10.1 Å². The van der Waals surface area contributed by atoms with Gasteiger partial charge >= 0.3 is 0 Å². The minimum absolute atomic E-state index is 0.0644. The van der Waals surface area contributed by atoms with E-state index in [1.165, 1.54) is 6.20 Å². The molecule has 30 heavy (non-hydrogen) atoms. The van der Waals surface area contributed by atoms with Crippen molar-refractivity contribution in [1.82, 2.24) is 19.3 Å². The largest absolute Gasteiger partial charge is 0.278 e. The zero-order valence-electron chi connectivity index (χ0n) is 17.3. The predicted molar refractivity (Wildman–Crippen MR) is 117 cm³/mol. The number of aromatic nitrogens is 4. The van der Waals surface area contributed by atoms with Crippen LogP contribution in [0.2, 0.25) is 0 Å². The molecule has 2 heterocycles. The Bertz CT molecular complexity index is 1290. The summed E-state index contributed by atoms with van der Waals surface area (Å²) in [6, 6.07) is 20.4. The Balaban J connectivity index is 1.76. The maximum atomic E-state index is 13.1. The fourth-order valence-electron chi connectivity index (χ4n) is 3.51. The first-order chi connectivity index (χ1) is 14.4. The number of hydrogen-bond donors (Lipinski definition) is 0. The summed E-state index contributed by atoms with van der Waals surface area (Å²) in [6.45, 7) is 7.33. The second kappa shape index (κ2) is 7.60. The lowest BCUT2D eigenvalue weighted by molar-refractivity contribution is 0.300. The summed E-state index contributed by atoms with van der Waals surface area (Å²) in [6.07, 6.45) is 1.46. The van der Waals surface area contributed by atoms with Crippen LogP contribution in [0.4, 0.5) is 0 Å². The summed E-state index contributed by atoms with van der Waals surface area (Å²) in [5.41, 5.74) is 3.58. The first-order valence-electron chi connectivity index (χ1n) is 9.86. The Labute approximate surface area is 175 Å². The van der Waals surface area contributed by atoms with Gasteiger partial charge in [0.25, 0.3) is 5.56 Å². The van der Waals surface area contributed by atoms with Crippen LogP contribution in [0, 0.1) is 16.7 Å². The molecule has 0 amide bonds. The van der Waals surface area contributed by atoms with Crippen LogP contribution in [-0.4, -0.2) is 19.3 Å². The molecule has 4 rings (SSSR count). The van der Waals surface area contributed by atoms with Gasteiger partial charge in [-0.2, -0.15) is 10.2 Å². The second-order valence-electron chi connectivity index (χ2n) is 8.59.